The van der Waals surface area contributed by atoms with Crippen LogP contribution in [0, 0.1) is 6.92 Å². The van der Waals surface area contributed by atoms with E-state index in [1.54, 1.807) is 18.9 Å². The average molecular weight is 379 g/mol. The zero-order chi connectivity index (χ0) is 19.7. The summed E-state index contributed by atoms with van der Waals surface area (Å²) in [7, 11) is 3.24. The Labute approximate surface area is 162 Å². The highest BCUT2D eigenvalue weighted by atomic mass is 16.5. The molecule has 144 valence electrons. The topological polar surface area (TPSA) is 82.4 Å². The lowest BCUT2D eigenvalue weighted by Gasteiger charge is -2.29. The van der Waals surface area contributed by atoms with E-state index < -0.39 is 0 Å². The fourth-order valence-corrected chi connectivity index (χ4v) is 3.45. The second-order valence-corrected chi connectivity index (χ2v) is 6.64. The number of hydrogen-bond donors (Lipinski definition) is 0. The van der Waals surface area contributed by atoms with Crippen LogP contribution < -0.4 is 9.47 Å². The molecule has 0 atom stereocenters. The molecule has 28 heavy (non-hydrogen) atoms. The van der Waals surface area contributed by atoms with Crippen LogP contribution >= 0.6 is 0 Å². The minimum atomic E-state index is 0.000391. The van der Waals surface area contributed by atoms with E-state index in [4.69, 9.17) is 9.47 Å². The molecule has 2 aromatic carbocycles. The standard InChI is InChI=1S/C20H21N5O3/c1-13-21-22-23-25(13)17-6-4-14(5-7-17)20(26)24-9-8-15-10-18(27-2)19(28-3)11-16(15)12-24/h4-7,10-11H,8-9,12H2,1-3H3. The number of aromatic nitrogens is 4. The number of aryl methyl sites for hydroxylation is 1. The largest absolute Gasteiger partial charge is 0.493 e. The molecule has 0 saturated heterocycles. The fourth-order valence-electron chi connectivity index (χ4n) is 3.45. The van der Waals surface area contributed by atoms with Gasteiger partial charge in [0.25, 0.3) is 5.91 Å². The fraction of sp³-hybridized carbons (Fsp3) is 0.300. The van der Waals surface area contributed by atoms with Crippen molar-refractivity contribution in [1.29, 1.82) is 0 Å². The summed E-state index contributed by atoms with van der Waals surface area (Å²) in [4.78, 5) is 14.8. The van der Waals surface area contributed by atoms with Gasteiger partial charge < -0.3 is 14.4 Å². The van der Waals surface area contributed by atoms with E-state index >= 15 is 0 Å². The molecule has 1 amide bonds. The summed E-state index contributed by atoms with van der Waals surface area (Å²) in [5, 5.41) is 11.5. The number of benzene rings is 2. The van der Waals surface area contributed by atoms with Crippen molar-refractivity contribution in [2.24, 2.45) is 0 Å². The molecule has 0 bridgehead atoms. The van der Waals surface area contributed by atoms with Gasteiger partial charge >= 0.3 is 0 Å². The minimum Gasteiger partial charge on any atom is -0.493 e. The van der Waals surface area contributed by atoms with E-state index in [0.717, 1.165) is 23.4 Å². The normalized spacial score (nSPS) is 13.2. The highest BCUT2D eigenvalue weighted by molar-refractivity contribution is 5.94. The number of fused-ring (bicyclic) bond motifs is 1. The van der Waals surface area contributed by atoms with Crippen molar-refractivity contribution in [3.63, 3.8) is 0 Å². The smallest absolute Gasteiger partial charge is 0.254 e. The first-order valence-corrected chi connectivity index (χ1v) is 8.99. The minimum absolute atomic E-state index is 0.000391. The van der Waals surface area contributed by atoms with Crippen LogP contribution in [0.25, 0.3) is 5.69 Å². The first-order valence-electron chi connectivity index (χ1n) is 8.99. The maximum absolute atomic E-state index is 13.0. The molecular weight excluding hydrogens is 358 g/mol. The lowest BCUT2D eigenvalue weighted by Crippen LogP contribution is -2.36. The summed E-state index contributed by atoms with van der Waals surface area (Å²) in [5.74, 6) is 2.09. The SMILES string of the molecule is COc1cc2c(cc1OC)CN(C(=O)c1ccc(-n3nnnc3C)cc1)CC2. The van der Waals surface area contributed by atoms with Crippen molar-refractivity contribution in [2.75, 3.05) is 20.8 Å². The number of methoxy groups -OCH3 is 2. The average Bonchev–Trinajstić information content (AvgIpc) is 3.17. The number of carbonyl (C=O) groups excluding carboxylic acids is 1. The molecule has 0 N–H and O–H groups in total. The quantitative estimate of drug-likeness (QED) is 0.691. The van der Waals surface area contributed by atoms with E-state index in [1.807, 2.05) is 48.2 Å². The first kappa shape index (κ1) is 18.0. The van der Waals surface area contributed by atoms with E-state index in [0.29, 0.717) is 30.2 Å². The lowest BCUT2D eigenvalue weighted by molar-refractivity contribution is 0.0734. The van der Waals surface area contributed by atoms with Crippen molar-refractivity contribution in [3.8, 4) is 17.2 Å². The highest BCUT2D eigenvalue weighted by Gasteiger charge is 2.23. The molecule has 0 fully saturated rings. The molecule has 4 rings (SSSR count). The maximum Gasteiger partial charge on any atom is 0.254 e. The molecule has 2 heterocycles. The Balaban J connectivity index is 1.54. The summed E-state index contributed by atoms with van der Waals surface area (Å²) in [6, 6.07) is 11.3. The Hall–Kier alpha value is -3.42. The van der Waals surface area contributed by atoms with Gasteiger partial charge in [-0.1, -0.05) is 0 Å². The second kappa shape index (κ2) is 7.30. The molecule has 3 aromatic rings. The van der Waals surface area contributed by atoms with Gasteiger partial charge in [0, 0.05) is 18.7 Å². The summed E-state index contributed by atoms with van der Waals surface area (Å²) in [5.41, 5.74) is 3.72. The van der Waals surface area contributed by atoms with Crippen LogP contribution in [0.5, 0.6) is 11.5 Å². The number of carbonyl (C=O) groups is 1. The van der Waals surface area contributed by atoms with Crippen LogP contribution in [-0.4, -0.2) is 51.8 Å². The van der Waals surface area contributed by atoms with Crippen molar-refractivity contribution in [2.45, 2.75) is 19.9 Å². The van der Waals surface area contributed by atoms with E-state index in [1.165, 1.54) is 5.56 Å². The van der Waals surface area contributed by atoms with Gasteiger partial charge in [0.1, 0.15) is 0 Å². The second-order valence-electron chi connectivity index (χ2n) is 6.64. The molecule has 0 radical (unpaired) electrons. The van der Waals surface area contributed by atoms with Gasteiger partial charge in [-0.2, -0.15) is 4.68 Å². The van der Waals surface area contributed by atoms with E-state index in [9.17, 15) is 4.79 Å². The van der Waals surface area contributed by atoms with Crippen molar-refractivity contribution in [1.82, 2.24) is 25.1 Å². The molecular formula is C20H21N5O3. The van der Waals surface area contributed by atoms with E-state index in [2.05, 4.69) is 15.5 Å². The predicted octanol–water partition coefficient (Wildman–Crippen LogP) is 2.19. The van der Waals surface area contributed by atoms with Crippen LogP contribution in [0.4, 0.5) is 0 Å². The van der Waals surface area contributed by atoms with Gasteiger partial charge in [-0.15, -0.1) is 5.10 Å². The molecule has 8 heteroatoms. The zero-order valence-corrected chi connectivity index (χ0v) is 16.0. The van der Waals surface area contributed by atoms with Crippen molar-refractivity contribution >= 4 is 5.91 Å². The number of tetrazole rings is 1. The van der Waals surface area contributed by atoms with Crippen LogP contribution in [0.2, 0.25) is 0 Å². The molecule has 0 unspecified atom stereocenters. The third kappa shape index (κ3) is 3.17. The molecule has 1 aliphatic heterocycles. The maximum atomic E-state index is 13.0. The third-order valence-electron chi connectivity index (χ3n) is 4.99. The van der Waals surface area contributed by atoms with Gasteiger partial charge in [-0.25, -0.2) is 0 Å². The van der Waals surface area contributed by atoms with Gasteiger partial charge in [-0.3, -0.25) is 4.79 Å². The lowest BCUT2D eigenvalue weighted by atomic mass is 9.98. The first-order chi connectivity index (χ1) is 13.6. The van der Waals surface area contributed by atoms with Crippen LogP contribution in [0.15, 0.2) is 36.4 Å². The number of amides is 1. The Kier molecular flexibility index (Phi) is 4.68. The predicted molar refractivity (Wildman–Crippen MR) is 102 cm³/mol. The molecule has 1 aliphatic rings. The van der Waals surface area contributed by atoms with Gasteiger partial charge in [0.2, 0.25) is 0 Å². The van der Waals surface area contributed by atoms with Crippen LogP contribution in [0.3, 0.4) is 0 Å². The van der Waals surface area contributed by atoms with Crippen molar-refractivity contribution < 1.29 is 14.3 Å². The van der Waals surface area contributed by atoms with Crippen LogP contribution in [-0.2, 0) is 13.0 Å². The molecule has 1 aromatic heterocycles. The third-order valence-corrected chi connectivity index (χ3v) is 4.99. The Morgan fingerprint density at radius 3 is 2.32 bits per heavy atom. The number of rotatable bonds is 4. The number of ether oxygens (including phenoxy) is 2. The number of hydrogen-bond acceptors (Lipinski definition) is 6. The highest BCUT2D eigenvalue weighted by Crippen LogP contribution is 2.33. The monoisotopic (exact) mass is 379 g/mol. The molecule has 0 saturated carbocycles. The summed E-state index contributed by atoms with van der Waals surface area (Å²) >= 11 is 0. The molecule has 0 aliphatic carbocycles. The Morgan fingerprint density at radius 1 is 1.04 bits per heavy atom. The summed E-state index contributed by atoms with van der Waals surface area (Å²) in [6.07, 6.45) is 0.781. The summed E-state index contributed by atoms with van der Waals surface area (Å²) < 4.78 is 12.4. The van der Waals surface area contributed by atoms with Gasteiger partial charge in [-0.05, 0) is 71.3 Å². The van der Waals surface area contributed by atoms with Gasteiger partial charge in [0.15, 0.2) is 17.3 Å². The van der Waals surface area contributed by atoms with E-state index in [-0.39, 0.29) is 5.91 Å². The van der Waals surface area contributed by atoms with Crippen LogP contribution in [0.1, 0.15) is 27.3 Å². The Bertz CT molecular complexity index is 1010. The summed E-state index contributed by atoms with van der Waals surface area (Å²) in [6.45, 7) is 3.03. The zero-order valence-electron chi connectivity index (χ0n) is 16.0. The molecule has 0 spiro atoms. The number of nitrogens with zero attached hydrogens (tertiary/aromatic N) is 5. The van der Waals surface area contributed by atoms with Gasteiger partial charge in [0.05, 0.1) is 19.9 Å². The Morgan fingerprint density at radius 2 is 1.71 bits per heavy atom. The van der Waals surface area contributed by atoms with Crippen molar-refractivity contribution in [3.05, 3.63) is 58.9 Å². The molecule has 8 nitrogen and oxygen atoms in total.